The standard InChI is InChI=1S/C14H20ClN3O/c1-2-17-5-7-18(8-6-17)10-12-4-3-11(14(16)19)9-13(12)15/h3-4,9H,2,5-8,10H2,1H3,(H2,16,19). The first-order chi connectivity index (χ1) is 9.10. The maximum Gasteiger partial charge on any atom is 0.248 e. The van der Waals surface area contributed by atoms with Gasteiger partial charge in [-0.3, -0.25) is 9.69 Å². The largest absolute Gasteiger partial charge is 0.366 e. The van der Waals surface area contributed by atoms with Gasteiger partial charge in [-0.05, 0) is 24.2 Å². The van der Waals surface area contributed by atoms with Crippen LogP contribution in [-0.4, -0.2) is 48.4 Å². The molecule has 1 heterocycles. The molecule has 1 amide bonds. The molecule has 2 N–H and O–H groups in total. The van der Waals surface area contributed by atoms with E-state index in [4.69, 9.17) is 17.3 Å². The summed E-state index contributed by atoms with van der Waals surface area (Å²) in [6, 6.07) is 5.29. The van der Waals surface area contributed by atoms with Gasteiger partial charge in [0, 0.05) is 43.3 Å². The maximum atomic E-state index is 11.1. The molecule has 0 saturated carbocycles. The zero-order chi connectivity index (χ0) is 13.8. The van der Waals surface area contributed by atoms with Crippen LogP contribution >= 0.6 is 11.6 Å². The maximum absolute atomic E-state index is 11.1. The molecular weight excluding hydrogens is 262 g/mol. The molecule has 0 radical (unpaired) electrons. The van der Waals surface area contributed by atoms with Crippen molar-refractivity contribution >= 4 is 17.5 Å². The molecule has 0 bridgehead atoms. The van der Waals surface area contributed by atoms with E-state index in [2.05, 4.69) is 16.7 Å². The lowest BCUT2D eigenvalue weighted by Gasteiger charge is -2.34. The molecule has 0 spiro atoms. The van der Waals surface area contributed by atoms with Gasteiger partial charge in [-0.2, -0.15) is 0 Å². The predicted octanol–water partition coefficient (Wildman–Crippen LogP) is 1.58. The van der Waals surface area contributed by atoms with Crippen molar-refractivity contribution in [1.82, 2.24) is 9.80 Å². The first kappa shape index (κ1) is 14.3. The van der Waals surface area contributed by atoms with E-state index in [0.29, 0.717) is 10.6 Å². The van der Waals surface area contributed by atoms with E-state index in [-0.39, 0.29) is 0 Å². The monoisotopic (exact) mass is 281 g/mol. The van der Waals surface area contributed by atoms with Crippen LogP contribution in [0, 0.1) is 0 Å². The SMILES string of the molecule is CCN1CCN(Cc2ccc(C(N)=O)cc2Cl)CC1. The van der Waals surface area contributed by atoms with Gasteiger partial charge in [-0.1, -0.05) is 24.6 Å². The molecular formula is C14H20ClN3O. The number of amides is 1. The summed E-state index contributed by atoms with van der Waals surface area (Å²) in [5.41, 5.74) is 6.75. The van der Waals surface area contributed by atoms with E-state index in [1.807, 2.05) is 6.07 Å². The predicted molar refractivity (Wildman–Crippen MR) is 77.4 cm³/mol. The Bertz CT molecular complexity index is 456. The van der Waals surface area contributed by atoms with Crippen molar-refractivity contribution in [1.29, 1.82) is 0 Å². The fraction of sp³-hybridized carbons (Fsp3) is 0.500. The number of hydrogen-bond acceptors (Lipinski definition) is 3. The molecule has 4 nitrogen and oxygen atoms in total. The molecule has 0 unspecified atom stereocenters. The molecule has 0 aliphatic carbocycles. The number of carbonyl (C=O) groups is 1. The normalized spacial score (nSPS) is 17.6. The van der Waals surface area contributed by atoms with Crippen molar-refractivity contribution < 1.29 is 4.79 Å². The molecule has 1 aromatic rings. The topological polar surface area (TPSA) is 49.6 Å². The number of carbonyl (C=O) groups excluding carboxylic acids is 1. The highest BCUT2D eigenvalue weighted by Crippen LogP contribution is 2.20. The molecule has 1 aromatic carbocycles. The summed E-state index contributed by atoms with van der Waals surface area (Å²) in [6.07, 6.45) is 0. The average Bonchev–Trinajstić information content (AvgIpc) is 2.41. The summed E-state index contributed by atoms with van der Waals surface area (Å²) in [6.45, 7) is 8.46. The van der Waals surface area contributed by atoms with Crippen molar-refractivity contribution in [3.05, 3.63) is 34.3 Å². The Hall–Kier alpha value is -1.10. The van der Waals surface area contributed by atoms with Gasteiger partial charge < -0.3 is 10.6 Å². The highest BCUT2D eigenvalue weighted by atomic mass is 35.5. The van der Waals surface area contributed by atoms with Gasteiger partial charge in [0.1, 0.15) is 0 Å². The Labute approximate surface area is 119 Å². The van der Waals surface area contributed by atoms with Crippen LogP contribution in [0.5, 0.6) is 0 Å². The van der Waals surface area contributed by atoms with Crippen LogP contribution < -0.4 is 5.73 Å². The molecule has 0 aromatic heterocycles. The number of hydrogen-bond donors (Lipinski definition) is 1. The van der Waals surface area contributed by atoms with E-state index in [1.54, 1.807) is 12.1 Å². The zero-order valence-corrected chi connectivity index (χ0v) is 12.0. The van der Waals surface area contributed by atoms with Crippen LogP contribution in [0.25, 0.3) is 0 Å². The quantitative estimate of drug-likeness (QED) is 0.912. The van der Waals surface area contributed by atoms with Crippen LogP contribution in [0.2, 0.25) is 5.02 Å². The summed E-state index contributed by atoms with van der Waals surface area (Å²) in [5, 5.41) is 0.620. The van der Waals surface area contributed by atoms with Crippen LogP contribution in [-0.2, 0) is 6.54 Å². The Morgan fingerprint density at radius 1 is 1.26 bits per heavy atom. The Kier molecular flexibility index (Phi) is 4.80. The second-order valence-electron chi connectivity index (χ2n) is 4.88. The van der Waals surface area contributed by atoms with E-state index < -0.39 is 5.91 Å². The Morgan fingerprint density at radius 3 is 2.42 bits per heavy atom. The number of likely N-dealkylation sites (N-methyl/N-ethyl adjacent to an activating group) is 1. The number of primary amides is 1. The Balaban J connectivity index is 1.98. The first-order valence-electron chi connectivity index (χ1n) is 6.63. The van der Waals surface area contributed by atoms with Gasteiger partial charge in [0.15, 0.2) is 0 Å². The molecule has 1 fully saturated rings. The lowest BCUT2D eigenvalue weighted by Crippen LogP contribution is -2.45. The summed E-state index contributed by atoms with van der Waals surface area (Å²) in [7, 11) is 0. The number of nitrogens with zero attached hydrogens (tertiary/aromatic N) is 2. The molecule has 1 aliphatic rings. The van der Waals surface area contributed by atoms with Crippen LogP contribution in [0.4, 0.5) is 0 Å². The number of piperazine rings is 1. The van der Waals surface area contributed by atoms with Crippen molar-refractivity contribution in [2.45, 2.75) is 13.5 Å². The van der Waals surface area contributed by atoms with E-state index in [9.17, 15) is 4.79 Å². The summed E-state index contributed by atoms with van der Waals surface area (Å²) in [4.78, 5) is 15.9. The highest BCUT2D eigenvalue weighted by molar-refractivity contribution is 6.31. The fourth-order valence-corrected chi connectivity index (χ4v) is 2.57. The smallest absolute Gasteiger partial charge is 0.248 e. The van der Waals surface area contributed by atoms with Gasteiger partial charge in [0.2, 0.25) is 5.91 Å². The molecule has 104 valence electrons. The molecule has 2 rings (SSSR count). The van der Waals surface area contributed by atoms with Crippen LogP contribution in [0.15, 0.2) is 18.2 Å². The molecule has 1 aliphatic heterocycles. The molecule has 1 saturated heterocycles. The second-order valence-corrected chi connectivity index (χ2v) is 5.29. The third-order valence-electron chi connectivity index (χ3n) is 3.64. The number of benzene rings is 1. The highest BCUT2D eigenvalue weighted by Gasteiger charge is 2.16. The van der Waals surface area contributed by atoms with Crippen LogP contribution in [0.1, 0.15) is 22.8 Å². The number of rotatable bonds is 4. The molecule has 19 heavy (non-hydrogen) atoms. The zero-order valence-electron chi connectivity index (χ0n) is 11.2. The lowest BCUT2D eigenvalue weighted by atomic mass is 10.1. The van der Waals surface area contributed by atoms with E-state index >= 15 is 0 Å². The lowest BCUT2D eigenvalue weighted by molar-refractivity contribution is 0.1000. The number of nitrogens with two attached hydrogens (primary N) is 1. The van der Waals surface area contributed by atoms with Gasteiger partial charge in [-0.25, -0.2) is 0 Å². The van der Waals surface area contributed by atoms with Gasteiger partial charge >= 0.3 is 0 Å². The van der Waals surface area contributed by atoms with Gasteiger partial charge in [0.05, 0.1) is 0 Å². The molecule has 0 atom stereocenters. The Morgan fingerprint density at radius 2 is 1.89 bits per heavy atom. The minimum absolute atomic E-state index is 0.440. The third-order valence-corrected chi connectivity index (χ3v) is 4.00. The summed E-state index contributed by atoms with van der Waals surface area (Å²) < 4.78 is 0. The van der Waals surface area contributed by atoms with Crippen LogP contribution in [0.3, 0.4) is 0 Å². The minimum Gasteiger partial charge on any atom is -0.366 e. The van der Waals surface area contributed by atoms with E-state index in [1.165, 1.54) is 0 Å². The summed E-state index contributed by atoms with van der Waals surface area (Å²) in [5.74, 6) is -0.440. The van der Waals surface area contributed by atoms with Crippen molar-refractivity contribution in [3.8, 4) is 0 Å². The van der Waals surface area contributed by atoms with Crippen molar-refractivity contribution in [3.63, 3.8) is 0 Å². The number of halogens is 1. The first-order valence-corrected chi connectivity index (χ1v) is 7.01. The second kappa shape index (κ2) is 6.37. The van der Waals surface area contributed by atoms with Gasteiger partial charge in [-0.15, -0.1) is 0 Å². The third kappa shape index (κ3) is 3.69. The minimum atomic E-state index is -0.440. The van der Waals surface area contributed by atoms with E-state index in [0.717, 1.165) is 44.8 Å². The summed E-state index contributed by atoms with van der Waals surface area (Å²) >= 11 is 6.20. The fourth-order valence-electron chi connectivity index (χ4n) is 2.33. The average molecular weight is 282 g/mol. The van der Waals surface area contributed by atoms with Gasteiger partial charge in [0.25, 0.3) is 0 Å². The van der Waals surface area contributed by atoms with Crippen molar-refractivity contribution in [2.24, 2.45) is 5.73 Å². The van der Waals surface area contributed by atoms with Crippen molar-refractivity contribution in [2.75, 3.05) is 32.7 Å². The molecule has 5 heteroatoms.